The zero-order chi connectivity index (χ0) is 40.0. The van der Waals surface area contributed by atoms with Crippen molar-refractivity contribution in [2.24, 2.45) is 5.92 Å². The Morgan fingerprint density at radius 3 is 1.82 bits per heavy atom. The van der Waals surface area contributed by atoms with Gasteiger partial charge in [-0.2, -0.15) is 0 Å². The summed E-state index contributed by atoms with van der Waals surface area (Å²) in [7, 11) is 1.07. The van der Waals surface area contributed by atoms with Crippen molar-refractivity contribution >= 4 is 41.4 Å². The molecule has 2 aliphatic heterocycles. The van der Waals surface area contributed by atoms with Crippen molar-refractivity contribution in [3.05, 3.63) is 95.6 Å². The lowest BCUT2D eigenvalue weighted by Gasteiger charge is -2.48. The van der Waals surface area contributed by atoms with E-state index >= 15 is 0 Å². The second-order valence-corrected chi connectivity index (χ2v) is 12.8. The molecule has 2 aliphatic rings. The first-order valence-electron chi connectivity index (χ1n) is 17.2. The monoisotopic (exact) mass is 767 g/mol. The fraction of sp³-hybridized carbons (Fsp3) is 0.385. The minimum Gasteiger partial charge on any atom is -0.467 e. The number of rotatable bonds is 13. The molecule has 3 aromatic rings. The van der Waals surface area contributed by atoms with Crippen molar-refractivity contribution < 1.29 is 70.7 Å². The van der Waals surface area contributed by atoms with Gasteiger partial charge in [0.2, 0.25) is 18.3 Å². The third-order valence-electron chi connectivity index (χ3n) is 8.92. The Balaban J connectivity index is 1.43. The number of methoxy groups -OCH3 is 1. The van der Waals surface area contributed by atoms with E-state index in [4.69, 9.17) is 33.2 Å². The van der Waals surface area contributed by atoms with Crippen molar-refractivity contribution in [2.45, 2.75) is 83.4 Å². The van der Waals surface area contributed by atoms with Crippen LogP contribution in [-0.2, 0) is 57.2 Å². The zero-order valence-electron chi connectivity index (χ0n) is 30.5. The number of hydrogen-bond acceptors (Lipinski definition) is 13. The average molecular weight is 768 g/mol. The summed E-state index contributed by atoms with van der Waals surface area (Å²) < 4.78 is 65.9. The third-order valence-corrected chi connectivity index (χ3v) is 8.92. The van der Waals surface area contributed by atoms with Crippen LogP contribution >= 0.6 is 0 Å². The Bertz CT molecular complexity index is 1890. The number of ether oxygens (including phenoxy) is 7. The second kappa shape index (κ2) is 17.5. The van der Waals surface area contributed by atoms with Gasteiger partial charge in [-0.15, -0.1) is 0 Å². The maximum absolute atomic E-state index is 13.9. The van der Waals surface area contributed by atoms with E-state index < -0.39 is 90.3 Å². The summed E-state index contributed by atoms with van der Waals surface area (Å²) in [5, 5.41) is 0. The molecular formula is C39H39F2NO13. The predicted octanol–water partition coefficient (Wildman–Crippen LogP) is 4.83. The number of nitrogens with zero attached hydrogens (tertiary/aromatic N) is 1. The molecule has 3 aromatic carbocycles. The van der Waals surface area contributed by atoms with E-state index in [-0.39, 0.29) is 24.5 Å². The van der Waals surface area contributed by atoms with Gasteiger partial charge in [0.05, 0.1) is 19.1 Å². The summed E-state index contributed by atoms with van der Waals surface area (Å²) in [6, 6.07) is 16.7. The number of carbonyl (C=O) groups is 6. The maximum atomic E-state index is 13.9. The van der Waals surface area contributed by atoms with Gasteiger partial charge in [-0.25, -0.2) is 13.6 Å². The maximum Gasteiger partial charge on any atom is 0.339 e. The molecule has 1 amide bonds. The van der Waals surface area contributed by atoms with E-state index in [2.05, 4.69) is 0 Å². The molecule has 0 bridgehead atoms. The Hall–Kier alpha value is -5.90. The van der Waals surface area contributed by atoms with Crippen LogP contribution in [0.1, 0.15) is 63.8 Å². The smallest absolute Gasteiger partial charge is 0.339 e. The molecule has 2 fully saturated rings. The normalized spacial score (nSPS) is 23.7. The first-order chi connectivity index (χ1) is 26.2. The minimum atomic E-state index is -1.66. The van der Waals surface area contributed by atoms with Crippen LogP contribution in [0.25, 0.3) is 0 Å². The summed E-state index contributed by atoms with van der Waals surface area (Å²) in [6.07, 6.45) is -8.18. The first kappa shape index (κ1) is 40.3. The standard InChI is InChI=1S/C39H39F2NO13/c1-20(43)50-31(24-6-10-26(40)11-7-24)19-18-30-32(42(37(30)47)28-14-12-27(41)13-15-28)25-8-16-29(17-9-25)54-39-36(53-23(4)46)34(52-22(3)45)33(51-21(2)44)35(55-39)38(48)49-5/h6-17,30-36,39H,18-19H2,1-5H3/t30-,31+,32-,33?,34?,35?,36?,39?/m1/s1. The van der Waals surface area contributed by atoms with Gasteiger partial charge >= 0.3 is 29.8 Å². The lowest BCUT2D eigenvalue weighted by atomic mass is 9.78. The molecule has 0 N–H and O–H groups in total. The molecule has 2 saturated heterocycles. The molecule has 8 atom stereocenters. The van der Waals surface area contributed by atoms with Gasteiger partial charge < -0.3 is 38.1 Å². The average Bonchev–Trinajstić information content (AvgIpc) is 3.13. The highest BCUT2D eigenvalue weighted by Gasteiger charge is 2.56. The molecule has 0 radical (unpaired) electrons. The fourth-order valence-corrected chi connectivity index (χ4v) is 6.66. The summed E-state index contributed by atoms with van der Waals surface area (Å²) in [5.41, 5.74) is 1.63. The van der Waals surface area contributed by atoms with Crippen molar-refractivity contribution in [1.29, 1.82) is 0 Å². The minimum absolute atomic E-state index is 0.129. The van der Waals surface area contributed by atoms with Crippen LogP contribution in [0.15, 0.2) is 72.8 Å². The van der Waals surface area contributed by atoms with E-state index in [1.54, 1.807) is 12.1 Å². The van der Waals surface area contributed by atoms with Crippen LogP contribution in [-0.4, -0.2) is 73.6 Å². The number of anilines is 1. The summed E-state index contributed by atoms with van der Waals surface area (Å²) >= 11 is 0. The molecule has 292 valence electrons. The Labute approximate surface area is 314 Å². The van der Waals surface area contributed by atoms with Crippen LogP contribution < -0.4 is 9.64 Å². The van der Waals surface area contributed by atoms with Gasteiger partial charge in [0.15, 0.2) is 18.3 Å². The second-order valence-electron chi connectivity index (χ2n) is 12.8. The Morgan fingerprint density at radius 2 is 1.27 bits per heavy atom. The van der Waals surface area contributed by atoms with Gasteiger partial charge in [-0.3, -0.25) is 24.0 Å². The number of carbonyl (C=O) groups excluding carboxylic acids is 6. The lowest BCUT2D eigenvalue weighted by molar-refractivity contribution is -0.282. The number of esters is 5. The van der Waals surface area contributed by atoms with E-state index in [1.165, 1.54) is 72.5 Å². The molecule has 55 heavy (non-hydrogen) atoms. The topological polar surface area (TPSA) is 170 Å². The molecule has 0 aliphatic carbocycles. The quantitative estimate of drug-likeness (QED) is 0.132. The van der Waals surface area contributed by atoms with Gasteiger partial charge in [-0.05, 0) is 72.5 Å². The number of halogens is 2. The van der Waals surface area contributed by atoms with Crippen LogP contribution in [0.5, 0.6) is 5.75 Å². The first-order valence-corrected chi connectivity index (χ1v) is 17.2. The van der Waals surface area contributed by atoms with Gasteiger partial charge in [-0.1, -0.05) is 24.3 Å². The Morgan fingerprint density at radius 1 is 0.727 bits per heavy atom. The largest absolute Gasteiger partial charge is 0.467 e. The SMILES string of the molecule is COC(=O)C1OC(Oc2ccc([C@@H]3[C@@H](CC[C@H](OC(C)=O)c4ccc(F)cc4)C(=O)N3c3ccc(F)cc3)cc2)C(OC(C)=O)C(OC(C)=O)C1OC(C)=O. The molecule has 5 rings (SSSR count). The third kappa shape index (κ3) is 9.62. The van der Waals surface area contributed by atoms with Crippen molar-refractivity contribution in [3.63, 3.8) is 0 Å². The van der Waals surface area contributed by atoms with Crippen molar-refractivity contribution in [1.82, 2.24) is 0 Å². The summed E-state index contributed by atoms with van der Waals surface area (Å²) in [4.78, 5) is 76.3. The van der Waals surface area contributed by atoms with E-state index in [1.807, 2.05) is 0 Å². The molecule has 0 saturated carbocycles. The number of β-lactam (4-membered cyclic amide) rings is 1. The zero-order valence-corrected chi connectivity index (χ0v) is 30.5. The van der Waals surface area contributed by atoms with E-state index in [0.29, 0.717) is 16.8 Å². The van der Waals surface area contributed by atoms with Crippen LogP contribution in [0.3, 0.4) is 0 Å². The number of amides is 1. The molecule has 5 unspecified atom stereocenters. The van der Waals surface area contributed by atoms with Gasteiger partial charge in [0.1, 0.15) is 23.5 Å². The highest BCUT2D eigenvalue weighted by molar-refractivity contribution is 6.03. The van der Waals surface area contributed by atoms with Crippen LogP contribution in [0, 0.1) is 17.6 Å². The predicted molar refractivity (Wildman–Crippen MR) is 185 cm³/mol. The van der Waals surface area contributed by atoms with Crippen LogP contribution in [0.2, 0.25) is 0 Å². The van der Waals surface area contributed by atoms with E-state index in [0.717, 1.165) is 27.9 Å². The molecule has 16 heteroatoms. The molecule has 0 aromatic heterocycles. The molecule has 0 spiro atoms. The molecule has 2 heterocycles. The lowest BCUT2D eigenvalue weighted by Crippen LogP contribution is -2.64. The summed E-state index contributed by atoms with van der Waals surface area (Å²) in [5.74, 6) is -5.77. The van der Waals surface area contributed by atoms with Crippen molar-refractivity contribution in [2.75, 3.05) is 12.0 Å². The number of hydrogen-bond donors (Lipinski definition) is 0. The van der Waals surface area contributed by atoms with Gasteiger partial charge in [0, 0.05) is 33.4 Å². The van der Waals surface area contributed by atoms with Crippen LogP contribution in [0.4, 0.5) is 14.5 Å². The highest BCUT2D eigenvalue weighted by Crippen LogP contribution is 2.47. The highest BCUT2D eigenvalue weighted by atomic mass is 19.1. The molecule has 14 nitrogen and oxygen atoms in total. The van der Waals surface area contributed by atoms with Crippen molar-refractivity contribution in [3.8, 4) is 5.75 Å². The number of benzene rings is 3. The molecular weight excluding hydrogens is 728 g/mol. The summed E-state index contributed by atoms with van der Waals surface area (Å²) in [6.45, 7) is 4.47. The van der Waals surface area contributed by atoms with E-state index in [9.17, 15) is 37.5 Å². The van der Waals surface area contributed by atoms with Gasteiger partial charge in [0.25, 0.3) is 0 Å². The Kier molecular flexibility index (Phi) is 12.8. The fourth-order valence-electron chi connectivity index (χ4n) is 6.66.